The molecule has 0 aliphatic carbocycles. The van der Waals surface area contributed by atoms with Crippen molar-refractivity contribution in [2.75, 3.05) is 0 Å². The van der Waals surface area contributed by atoms with E-state index in [0.717, 1.165) is 0 Å². The first-order valence-corrected chi connectivity index (χ1v) is 7.73. The zero-order valence-electron chi connectivity index (χ0n) is 7.94. The molecule has 0 saturated heterocycles. The average Bonchev–Trinajstić information content (AvgIpc) is 1.83. The molecule has 0 heterocycles. The van der Waals surface area contributed by atoms with Gasteiger partial charge in [-0.05, 0) is 11.6 Å². The van der Waals surface area contributed by atoms with Crippen molar-refractivity contribution in [2.24, 2.45) is 11.7 Å². The SMILES string of the molecule is CCC(C)C(N)[Si](C)(C)C. The summed E-state index contributed by atoms with van der Waals surface area (Å²) in [5.74, 6) is 0.701. The molecule has 0 radical (unpaired) electrons. The highest BCUT2D eigenvalue weighted by molar-refractivity contribution is 6.77. The van der Waals surface area contributed by atoms with Gasteiger partial charge in [-0.1, -0.05) is 39.9 Å². The number of rotatable bonds is 3. The second-order valence-electron chi connectivity index (χ2n) is 4.28. The van der Waals surface area contributed by atoms with Crippen LogP contribution in [0.1, 0.15) is 20.3 Å². The van der Waals surface area contributed by atoms with Crippen LogP contribution in [0.5, 0.6) is 0 Å². The van der Waals surface area contributed by atoms with E-state index in [-0.39, 0.29) is 0 Å². The van der Waals surface area contributed by atoms with Gasteiger partial charge in [-0.2, -0.15) is 0 Å². The highest BCUT2D eigenvalue weighted by Crippen LogP contribution is 2.15. The van der Waals surface area contributed by atoms with E-state index in [1.165, 1.54) is 6.42 Å². The van der Waals surface area contributed by atoms with Crippen molar-refractivity contribution in [3.63, 3.8) is 0 Å². The van der Waals surface area contributed by atoms with E-state index in [9.17, 15) is 0 Å². The summed E-state index contributed by atoms with van der Waals surface area (Å²) in [4.78, 5) is 0. The molecule has 0 fully saturated rings. The van der Waals surface area contributed by atoms with Gasteiger partial charge in [-0.25, -0.2) is 0 Å². The highest BCUT2D eigenvalue weighted by Gasteiger charge is 2.26. The summed E-state index contributed by atoms with van der Waals surface area (Å²) in [6.07, 6.45) is 1.21. The summed E-state index contributed by atoms with van der Waals surface area (Å²) < 4.78 is 0. The fraction of sp³-hybridized carbons (Fsp3) is 1.00. The first-order chi connectivity index (χ1) is 4.39. The molecular formula is C8H21NSi. The van der Waals surface area contributed by atoms with Crippen LogP contribution in [0.25, 0.3) is 0 Å². The molecule has 0 rings (SSSR count). The second kappa shape index (κ2) is 3.53. The van der Waals surface area contributed by atoms with E-state index in [4.69, 9.17) is 5.73 Å². The molecule has 0 aliphatic heterocycles. The van der Waals surface area contributed by atoms with Gasteiger partial charge in [0.05, 0.1) is 8.07 Å². The van der Waals surface area contributed by atoms with Crippen LogP contribution in [0.3, 0.4) is 0 Å². The van der Waals surface area contributed by atoms with Crippen molar-refractivity contribution in [1.29, 1.82) is 0 Å². The van der Waals surface area contributed by atoms with Crippen LogP contribution < -0.4 is 5.73 Å². The van der Waals surface area contributed by atoms with Crippen LogP contribution in [0, 0.1) is 5.92 Å². The molecule has 0 bridgehead atoms. The molecule has 0 aromatic rings. The van der Waals surface area contributed by atoms with Crippen LogP contribution in [0.15, 0.2) is 0 Å². The molecule has 0 aromatic heterocycles. The Morgan fingerprint density at radius 2 is 1.70 bits per heavy atom. The molecule has 1 nitrogen and oxygen atoms in total. The summed E-state index contributed by atoms with van der Waals surface area (Å²) in [5, 5.41) is 0. The molecule has 0 saturated carbocycles. The van der Waals surface area contributed by atoms with Crippen molar-refractivity contribution in [3.8, 4) is 0 Å². The maximum absolute atomic E-state index is 6.07. The standard InChI is InChI=1S/C8H21NSi/c1-6-7(2)8(9)10(3,4)5/h7-8H,6,9H2,1-5H3. The highest BCUT2D eigenvalue weighted by atomic mass is 28.3. The molecular weight excluding hydrogens is 138 g/mol. The quantitative estimate of drug-likeness (QED) is 0.628. The van der Waals surface area contributed by atoms with Crippen LogP contribution in [0.2, 0.25) is 19.6 Å². The zero-order valence-corrected chi connectivity index (χ0v) is 8.94. The summed E-state index contributed by atoms with van der Waals surface area (Å²) in [6, 6.07) is 0. The normalized spacial score (nSPS) is 18.6. The van der Waals surface area contributed by atoms with Gasteiger partial charge in [-0.15, -0.1) is 0 Å². The average molecular weight is 159 g/mol. The fourth-order valence-electron chi connectivity index (χ4n) is 1.11. The van der Waals surface area contributed by atoms with E-state index in [1.807, 2.05) is 0 Å². The minimum absolute atomic E-state index is 0.470. The summed E-state index contributed by atoms with van der Waals surface area (Å²) >= 11 is 0. The predicted molar refractivity (Wildman–Crippen MR) is 50.8 cm³/mol. The second-order valence-corrected chi connectivity index (χ2v) is 9.68. The third kappa shape index (κ3) is 2.84. The molecule has 2 atom stereocenters. The van der Waals surface area contributed by atoms with Crippen molar-refractivity contribution in [3.05, 3.63) is 0 Å². The molecule has 0 aromatic carbocycles. The van der Waals surface area contributed by atoms with Gasteiger partial charge in [0.25, 0.3) is 0 Å². The maximum Gasteiger partial charge on any atom is 0.0635 e. The van der Waals surface area contributed by atoms with Crippen LogP contribution in [-0.2, 0) is 0 Å². The Bertz CT molecular complexity index is 95.9. The van der Waals surface area contributed by atoms with E-state index in [0.29, 0.717) is 11.6 Å². The van der Waals surface area contributed by atoms with Crippen molar-refractivity contribution in [1.82, 2.24) is 0 Å². The molecule has 62 valence electrons. The third-order valence-electron chi connectivity index (χ3n) is 2.26. The van der Waals surface area contributed by atoms with Gasteiger partial charge in [0, 0.05) is 0 Å². The van der Waals surface area contributed by atoms with Gasteiger partial charge in [0.1, 0.15) is 0 Å². The molecule has 0 spiro atoms. The topological polar surface area (TPSA) is 26.0 Å². The van der Waals surface area contributed by atoms with Gasteiger partial charge >= 0.3 is 0 Å². The lowest BCUT2D eigenvalue weighted by atomic mass is 10.1. The molecule has 10 heavy (non-hydrogen) atoms. The lowest BCUT2D eigenvalue weighted by Crippen LogP contribution is -2.49. The van der Waals surface area contributed by atoms with Gasteiger partial charge < -0.3 is 5.73 Å². The van der Waals surface area contributed by atoms with E-state index in [2.05, 4.69) is 33.5 Å². The Morgan fingerprint density at radius 1 is 1.30 bits per heavy atom. The molecule has 0 aliphatic rings. The monoisotopic (exact) mass is 159 g/mol. The minimum atomic E-state index is -1.07. The molecule has 2 N–H and O–H groups in total. The largest absolute Gasteiger partial charge is 0.330 e. The Morgan fingerprint density at radius 3 is 1.80 bits per heavy atom. The van der Waals surface area contributed by atoms with Crippen molar-refractivity contribution < 1.29 is 0 Å². The number of hydrogen-bond donors (Lipinski definition) is 1. The number of hydrogen-bond acceptors (Lipinski definition) is 1. The lowest BCUT2D eigenvalue weighted by Gasteiger charge is -2.29. The summed E-state index contributed by atoms with van der Waals surface area (Å²) in [5.41, 5.74) is 6.54. The van der Waals surface area contributed by atoms with Crippen LogP contribution in [0.4, 0.5) is 0 Å². The van der Waals surface area contributed by atoms with E-state index < -0.39 is 8.07 Å². The first-order valence-electron chi connectivity index (χ1n) is 4.15. The fourth-order valence-corrected chi connectivity index (χ4v) is 3.05. The Balaban J connectivity index is 3.94. The Kier molecular flexibility index (Phi) is 3.60. The predicted octanol–water partition coefficient (Wildman–Crippen LogP) is 2.24. The summed E-state index contributed by atoms with van der Waals surface area (Å²) in [6.45, 7) is 11.5. The summed E-state index contributed by atoms with van der Waals surface area (Å²) in [7, 11) is -1.07. The van der Waals surface area contributed by atoms with E-state index in [1.54, 1.807) is 0 Å². The van der Waals surface area contributed by atoms with Crippen molar-refractivity contribution >= 4 is 8.07 Å². The first kappa shape index (κ1) is 10.2. The number of nitrogens with two attached hydrogens (primary N) is 1. The van der Waals surface area contributed by atoms with Gasteiger partial charge in [0.15, 0.2) is 0 Å². The lowest BCUT2D eigenvalue weighted by molar-refractivity contribution is 0.524. The zero-order chi connectivity index (χ0) is 8.36. The maximum atomic E-state index is 6.07. The molecule has 0 amide bonds. The van der Waals surface area contributed by atoms with Gasteiger partial charge in [0.2, 0.25) is 0 Å². The smallest absolute Gasteiger partial charge is 0.0635 e. The van der Waals surface area contributed by atoms with Crippen LogP contribution >= 0.6 is 0 Å². The Labute approximate surface area is 66.0 Å². The molecule has 2 heteroatoms. The van der Waals surface area contributed by atoms with Gasteiger partial charge in [-0.3, -0.25) is 0 Å². The molecule has 2 unspecified atom stereocenters. The van der Waals surface area contributed by atoms with Crippen molar-refractivity contribution in [2.45, 2.75) is 45.6 Å². The Hall–Kier alpha value is 0.177. The van der Waals surface area contributed by atoms with E-state index >= 15 is 0 Å². The van der Waals surface area contributed by atoms with Crippen LogP contribution in [-0.4, -0.2) is 13.7 Å². The minimum Gasteiger partial charge on any atom is -0.330 e. The third-order valence-corrected chi connectivity index (χ3v) is 4.83.